The molecule has 31 heavy (non-hydrogen) atoms. The number of para-hydroxylation sites is 2. The van der Waals surface area contributed by atoms with E-state index in [2.05, 4.69) is 21.7 Å². The van der Waals surface area contributed by atoms with Gasteiger partial charge in [0.1, 0.15) is 12.4 Å². The van der Waals surface area contributed by atoms with Crippen molar-refractivity contribution in [3.63, 3.8) is 0 Å². The van der Waals surface area contributed by atoms with Gasteiger partial charge in [0.15, 0.2) is 0 Å². The molecular formula is C25H30N4O2. The molecule has 1 aromatic heterocycles. The Morgan fingerprint density at radius 2 is 1.74 bits per heavy atom. The maximum atomic E-state index is 12.8. The van der Waals surface area contributed by atoms with Crippen molar-refractivity contribution < 1.29 is 9.59 Å². The van der Waals surface area contributed by atoms with Gasteiger partial charge in [-0.1, -0.05) is 37.5 Å². The van der Waals surface area contributed by atoms with Crippen molar-refractivity contribution in [3.05, 3.63) is 59.4 Å². The standard InChI is InChI=1S/C25H30N4O2/c1-17-12-18(2)14-20(13-17)27-24(30)16-29-22-11-7-6-10-21(22)28-23(29)15-26-25(31)19-8-4-3-5-9-19/h6-7,10-14,19H,3-5,8-9,15-16H2,1-2H3,(H,26,31)(H,27,30). The van der Waals surface area contributed by atoms with Crippen LogP contribution in [0, 0.1) is 19.8 Å². The first-order valence-corrected chi connectivity index (χ1v) is 11.1. The molecule has 4 rings (SSSR count). The fourth-order valence-electron chi connectivity index (χ4n) is 4.50. The van der Waals surface area contributed by atoms with Crippen LogP contribution in [0.25, 0.3) is 11.0 Å². The number of anilines is 1. The highest BCUT2D eigenvalue weighted by atomic mass is 16.2. The first-order valence-electron chi connectivity index (χ1n) is 11.1. The predicted octanol–water partition coefficient (Wildman–Crippen LogP) is 4.49. The van der Waals surface area contributed by atoms with E-state index in [4.69, 9.17) is 0 Å². The van der Waals surface area contributed by atoms with Gasteiger partial charge in [-0.05, 0) is 62.1 Å². The van der Waals surface area contributed by atoms with Crippen LogP contribution < -0.4 is 10.6 Å². The van der Waals surface area contributed by atoms with E-state index in [1.54, 1.807) is 0 Å². The maximum Gasteiger partial charge on any atom is 0.244 e. The number of hydrogen-bond acceptors (Lipinski definition) is 3. The third-order valence-corrected chi connectivity index (χ3v) is 5.94. The summed E-state index contributed by atoms with van der Waals surface area (Å²) < 4.78 is 1.90. The van der Waals surface area contributed by atoms with E-state index in [1.165, 1.54) is 6.42 Å². The number of carbonyl (C=O) groups is 2. The summed E-state index contributed by atoms with van der Waals surface area (Å²) in [4.78, 5) is 30.1. The van der Waals surface area contributed by atoms with Crippen LogP contribution in [0.1, 0.15) is 49.1 Å². The number of aromatic nitrogens is 2. The van der Waals surface area contributed by atoms with Crippen LogP contribution in [0.3, 0.4) is 0 Å². The average Bonchev–Trinajstić information content (AvgIpc) is 3.09. The smallest absolute Gasteiger partial charge is 0.244 e. The number of fused-ring (bicyclic) bond motifs is 1. The van der Waals surface area contributed by atoms with Crippen LogP contribution in [0.5, 0.6) is 0 Å². The van der Waals surface area contributed by atoms with E-state index in [0.29, 0.717) is 12.4 Å². The second-order valence-corrected chi connectivity index (χ2v) is 8.58. The summed E-state index contributed by atoms with van der Waals surface area (Å²) in [6.45, 7) is 4.49. The molecule has 2 aromatic carbocycles. The number of carbonyl (C=O) groups excluding carboxylic acids is 2. The molecule has 2 N–H and O–H groups in total. The molecule has 1 heterocycles. The topological polar surface area (TPSA) is 76.0 Å². The van der Waals surface area contributed by atoms with Crippen molar-refractivity contribution in [1.29, 1.82) is 0 Å². The molecule has 3 aromatic rings. The molecule has 0 bridgehead atoms. The lowest BCUT2D eigenvalue weighted by Gasteiger charge is -2.20. The van der Waals surface area contributed by atoms with Gasteiger partial charge >= 0.3 is 0 Å². The summed E-state index contributed by atoms with van der Waals surface area (Å²) >= 11 is 0. The Bertz CT molecular complexity index is 1080. The Labute approximate surface area is 183 Å². The van der Waals surface area contributed by atoms with Crippen molar-refractivity contribution in [2.75, 3.05) is 5.32 Å². The molecule has 1 saturated carbocycles. The van der Waals surface area contributed by atoms with Crippen LogP contribution in [-0.4, -0.2) is 21.4 Å². The lowest BCUT2D eigenvalue weighted by atomic mass is 9.89. The van der Waals surface area contributed by atoms with E-state index in [0.717, 1.165) is 53.5 Å². The van der Waals surface area contributed by atoms with Gasteiger partial charge in [0.05, 0.1) is 17.6 Å². The summed E-state index contributed by atoms with van der Waals surface area (Å²) in [5.74, 6) is 0.770. The normalized spacial score (nSPS) is 14.5. The van der Waals surface area contributed by atoms with E-state index >= 15 is 0 Å². The van der Waals surface area contributed by atoms with E-state index in [-0.39, 0.29) is 24.3 Å². The highest BCUT2D eigenvalue weighted by Gasteiger charge is 2.22. The lowest BCUT2D eigenvalue weighted by Crippen LogP contribution is -2.32. The summed E-state index contributed by atoms with van der Waals surface area (Å²) in [6, 6.07) is 13.8. The molecule has 6 heteroatoms. The van der Waals surface area contributed by atoms with Crippen molar-refractivity contribution in [3.8, 4) is 0 Å². The molecule has 1 aliphatic rings. The molecule has 0 unspecified atom stereocenters. The number of nitrogens with zero attached hydrogens (tertiary/aromatic N) is 2. The highest BCUT2D eigenvalue weighted by molar-refractivity contribution is 5.92. The SMILES string of the molecule is Cc1cc(C)cc(NC(=O)Cn2c(CNC(=O)C3CCCCC3)nc3ccccc32)c1. The van der Waals surface area contributed by atoms with Crippen molar-refractivity contribution in [2.24, 2.45) is 5.92 Å². The fraction of sp³-hybridized carbons (Fsp3) is 0.400. The number of nitrogens with one attached hydrogen (secondary N) is 2. The van der Waals surface area contributed by atoms with Gasteiger partial charge in [0.25, 0.3) is 0 Å². The average molecular weight is 419 g/mol. The van der Waals surface area contributed by atoms with Crippen molar-refractivity contribution in [2.45, 2.75) is 59.0 Å². The molecule has 162 valence electrons. The molecule has 0 atom stereocenters. The van der Waals surface area contributed by atoms with Crippen LogP contribution >= 0.6 is 0 Å². The van der Waals surface area contributed by atoms with Crippen LogP contribution in [0.15, 0.2) is 42.5 Å². The number of hydrogen-bond donors (Lipinski definition) is 2. The molecule has 2 amide bonds. The molecule has 0 aliphatic heterocycles. The second kappa shape index (κ2) is 9.33. The van der Waals surface area contributed by atoms with Crippen molar-refractivity contribution in [1.82, 2.24) is 14.9 Å². The minimum absolute atomic E-state index is 0.0954. The van der Waals surface area contributed by atoms with Gasteiger partial charge in [0.2, 0.25) is 11.8 Å². The van der Waals surface area contributed by atoms with E-state index < -0.39 is 0 Å². The third-order valence-electron chi connectivity index (χ3n) is 5.94. The van der Waals surface area contributed by atoms with Gasteiger partial charge in [-0.25, -0.2) is 4.98 Å². The van der Waals surface area contributed by atoms with Gasteiger partial charge in [-0.15, -0.1) is 0 Å². The first kappa shape index (κ1) is 21.1. The Morgan fingerprint density at radius 1 is 1.03 bits per heavy atom. The number of benzene rings is 2. The number of amides is 2. The van der Waals surface area contributed by atoms with Gasteiger partial charge in [-0.2, -0.15) is 0 Å². The van der Waals surface area contributed by atoms with E-state index in [9.17, 15) is 9.59 Å². The van der Waals surface area contributed by atoms with Crippen LogP contribution in [0.4, 0.5) is 5.69 Å². The van der Waals surface area contributed by atoms with Gasteiger partial charge in [0, 0.05) is 11.6 Å². The van der Waals surface area contributed by atoms with Gasteiger partial charge in [-0.3, -0.25) is 9.59 Å². The molecule has 0 spiro atoms. The van der Waals surface area contributed by atoms with E-state index in [1.807, 2.05) is 54.8 Å². The third kappa shape index (κ3) is 5.13. The monoisotopic (exact) mass is 418 g/mol. The Hall–Kier alpha value is -3.15. The summed E-state index contributed by atoms with van der Waals surface area (Å²) in [6.07, 6.45) is 5.38. The number of aryl methyl sites for hydroxylation is 2. The minimum Gasteiger partial charge on any atom is -0.349 e. The number of rotatable bonds is 6. The predicted molar refractivity (Wildman–Crippen MR) is 123 cm³/mol. The quantitative estimate of drug-likeness (QED) is 0.619. The Morgan fingerprint density at radius 3 is 2.48 bits per heavy atom. The fourth-order valence-corrected chi connectivity index (χ4v) is 4.50. The molecule has 6 nitrogen and oxygen atoms in total. The molecule has 0 radical (unpaired) electrons. The maximum absolute atomic E-state index is 12.8. The van der Waals surface area contributed by atoms with Crippen molar-refractivity contribution >= 4 is 28.5 Å². The largest absolute Gasteiger partial charge is 0.349 e. The Balaban J connectivity index is 1.50. The van der Waals surface area contributed by atoms with Gasteiger partial charge < -0.3 is 15.2 Å². The summed E-state index contributed by atoms with van der Waals surface area (Å²) in [5.41, 5.74) is 4.71. The molecular weight excluding hydrogens is 388 g/mol. The first-order chi connectivity index (χ1) is 15.0. The molecule has 1 fully saturated rings. The van der Waals surface area contributed by atoms with Crippen LogP contribution in [-0.2, 0) is 22.7 Å². The Kier molecular flexibility index (Phi) is 6.35. The zero-order chi connectivity index (χ0) is 21.8. The molecule has 1 aliphatic carbocycles. The summed E-state index contributed by atoms with van der Waals surface area (Å²) in [5, 5.41) is 6.05. The zero-order valence-corrected chi connectivity index (χ0v) is 18.3. The number of imidazole rings is 1. The zero-order valence-electron chi connectivity index (χ0n) is 18.3. The molecule has 0 saturated heterocycles. The highest BCUT2D eigenvalue weighted by Crippen LogP contribution is 2.24. The summed E-state index contributed by atoms with van der Waals surface area (Å²) in [7, 11) is 0. The second-order valence-electron chi connectivity index (χ2n) is 8.58. The minimum atomic E-state index is -0.118. The lowest BCUT2D eigenvalue weighted by molar-refractivity contribution is -0.126. The van der Waals surface area contributed by atoms with Crippen LogP contribution in [0.2, 0.25) is 0 Å².